The van der Waals surface area contributed by atoms with Crippen molar-refractivity contribution in [3.8, 4) is 0 Å². The summed E-state index contributed by atoms with van der Waals surface area (Å²) in [5.41, 5.74) is 4.51. The molecule has 0 fully saturated rings. The minimum Gasteiger partial charge on any atom is -0.469 e. The number of nitrogens with two attached hydrogens (primary N) is 1. The fraction of sp³-hybridized carbons (Fsp3) is 0.833. The van der Waals surface area contributed by atoms with Gasteiger partial charge in [0.25, 0.3) is 0 Å². The van der Waals surface area contributed by atoms with Crippen molar-refractivity contribution < 1.29 is 19.1 Å². The van der Waals surface area contributed by atoms with Gasteiger partial charge in [0.05, 0.1) is 13.5 Å². The molecule has 0 radical (unpaired) electrons. The van der Waals surface area contributed by atoms with Gasteiger partial charge < -0.3 is 20.5 Å². The number of nitrogens with one attached hydrogen (secondary N) is 1. The smallest absolute Gasteiger partial charge is 0.407 e. The highest BCUT2D eigenvalue weighted by molar-refractivity contribution is 5.72. The molecule has 0 saturated heterocycles. The van der Waals surface area contributed by atoms with Gasteiger partial charge in [-0.3, -0.25) is 4.79 Å². The van der Waals surface area contributed by atoms with Crippen LogP contribution in [0.5, 0.6) is 0 Å². The normalized spacial score (nSPS) is 16.4. The predicted octanol–water partition coefficient (Wildman–Crippen LogP) is 1.18. The van der Waals surface area contributed by atoms with Crippen LogP contribution in [0.3, 0.4) is 0 Å². The van der Waals surface area contributed by atoms with Gasteiger partial charge in [0.15, 0.2) is 0 Å². The van der Waals surface area contributed by atoms with E-state index in [9.17, 15) is 9.59 Å². The van der Waals surface area contributed by atoms with Crippen LogP contribution in [-0.4, -0.2) is 36.4 Å². The van der Waals surface area contributed by atoms with E-state index >= 15 is 0 Å². The summed E-state index contributed by atoms with van der Waals surface area (Å²) in [6.45, 7) is 8.70. The zero-order chi connectivity index (χ0) is 14.6. The predicted molar refractivity (Wildman–Crippen MR) is 68.1 cm³/mol. The fourth-order valence-corrected chi connectivity index (χ4v) is 1.19. The molecule has 6 nitrogen and oxygen atoms in total. The van der Waals surface area contributed by atoms with Crippen molar-refractivity contribution in [1.82, 2.24) is 5.32 Å². The van der Waals surface area contributed by atoms with E-state index in [4.69, 9.17) is 10.5 Å². The summed E-state index contributed by atoms with van der Waals surface area (Å²) in [4.78, 5) is 22.8. The highest BCUT2D eigenvalue weighted by Crippen LogP contribution is 2.13. The first-order valence-electron chi connectivity index (χ1n) is 5.83. The maximum atomic E-state index is 11.6. The number of ether oxygens (including phenoxy) is 2. The van der Waals surface area contributed by atoms with Crippen LogP contribution < -0.4 is 11.1 Å². The lowest BCUT2D eigenvalue weighted by molar-refractivity contribution is -0.142. The maximum Gasteiger partial charge on any atom is 0.407 e. The Morgan fingerprint density at radius 1 is 1.28 bits per heavy atom. The summed E-state index contributed by atoms with van der Waals surface area (Å²) < 4.78 is 9.67. The highest BCUT2D eigenvalue weighted by atomic mass is 16.6. The molecule has 0 aromatic carbocycles. The second-order valence-corrected chi connectivity index (χ2v) is 5.63. The lowest BCUT2D eigenvalue weighted by Crippen LogP contribution is -2.56. The molecule has 0 heterocycles. The maximum absolute atomic E-state index is 11.6. The molecule has 18 heavy (non-hydrogen) atoms. The number of rotatable bonds is 4. The molecular formula is C12H24N2O4. The molecule has 1 amide bonds. The number of hydrogen-bond donors (Lipinski definition) is 2. The first-order chi connectivity index (χ1) is 7.98. The van der Waals surface area contributed by atoms with Crippen molar-refractivity contribution in [3.05, 3.63) is 0 Å². The van der Waals surface area contributed by atoms with Gasteiger partial charge in [-0.2, -0.15) is 0 Å². The second-order valence-electron chi connectivity index (χ2n) is 5.63. The van der Waals surface area contributed by atoms with E-state index in [0.29, 0.717) is 0 Å². The summed E-state index contributed by atoms with van der Waals surface area (Å²) >= 11 is 0. The standard InChI is InChI=1S/C12H24N2O4/c1-8(12(5,13)7-9(15)17-6)14-10(16)18-11(2,3)4/h8H,7,13H2,1-6H3,(H,14,16). The third-order valence-corrected chi connectivity index (χ3v) is 2.48. The van der Waals surface area contributed by atoms with Crippen LogP contribution in [0.4, 0.5) is 4.79 Å². The highest BCUT2D eigenvalue weighted by Gasteiger charge is 2.32. The minimum atomic E-state index is -0.899. The third kappa shape index (κ3) is 6.44. The fourth-order valence-electron chi connectivity index (χ4n) is 1.19. The Kier molecular flexibility index (Phi) is 5.60. The van der Waals surface area contributed by atoms with Crippen molar-refractivity contribution in [1.29, 1.82) is 0 Å². The molecule has 0 saturated carbocycles. The molecule has 0 aliphatic rings. The van der Waals surface area contributed by atoms with Gasteiger partial charge in [0, 0.05) is 11.6 Å². The summed E-state index contributed by atoms with van der Waals surface area (Å²) in [6.07, 6.45) is -0.544. The quantitative estimate of drug-likeness (QED) is 0.741. The molecule has 106 valence electrons. The molecule has 2 atom stereocenters. The van der Waals surface area contributed by atoms with Crippen LogP contribution in [0.15, 0.2) is 0 Å². The molecule has 0 aliphatic carbocycles. The topological polar surface area (TPSA) is 90.6 Å². The lowest BCUT2D eigenvalue weighted by atomic mass is 9.91. The molecule has 0 spiro atoms. The van der Waals surface area contributed by atoms with Crippen LogP contribution >= 0.6 is 0 Å². The van der Waals surface area contributed by atoms with Gasteiger partial charge in [0.2, 0.25) is 0 Å². The molecular weight excluding hydrogens is 236 g/mol. The van der Waals surface area contributed by atoms with Crippen molar-refractivity contribution >= 4 is 12.1 Å². The number of methoxy groups -OCH3 is 1. The van der Waals surface area contributed by atoms with Crippen LogP contribution in [0, 0.1) is 0 Å². The van der Waals surface area contributed by atoms with Gasteiger partial charge >= 0.3 is 12.1 Å². The van der Waals surface area contributed by atoms with Gasteiger partial charge in [-0.05, 0) is 34.6 Å². The molecule has 0 aromatic heterocycles. The summed E-state index contributed by atoms with van der Waals surface area (Å²) in [7, 11) is 1.30. The van der Waals surface area contributed by atoms with E-state index in [-0.39, 0.29) is 6.42 Å². The SMILES string of the molecule is COC(=O)CC(C)(N)C(C)NC(=O)OC(C)(C)C. The summed E-state index contributed by atoms with van der Waals surface area (Å²) in [5, 5.41) is 2.61. The number of amides is 1. The van der Waals surface area contributed by atoms with Gasteiger partial charge in [-0.1, -0.05) is 0 Å². The zero-order valence-corrected chi connectivity index (χ0v) is 12.0. The Morgan fingerprint density at radius 2 is 1.78 bits per heavy atom. The van der Waals surface area contributed by atoms with E-state index in [1.807, 2.05) is 0 Å². The Balaban J connectivity index is 4.42. The summed E-state index contributed by atoms with van der Waals surface area (Å²) in [6, 6.07) is -0.425. The van der Waals surface area contributed by atoms with Gasteiger partial charge in [-0.15, -0.1) is 0 Å². The van der Waals surface area contributed by atoms with Crippen molar-refractivity contribution in [2.75, 3.05) is 7.11 Å². The molecule has 0 aliphatic heterocycles. The van der Waals surface area contributed by atoms with Crippen molar-refractivity contribution in [2.45, 2.75) is 58.2 Å². The zero-order valence-electron chi connectivity index (χ0n) is 12.0. The van der Waals surface area contributed by atoms with Crippen LogP contribution in [0.1, 0.15) is 41.0 Å². The Bertz CT molecular complexity index is 308. The third-order valence-electron chi connectivity index (χ3n) is 2.48. The van der Waals surface area contributed by atoms with E-state index in [1.54, 1.807) is 34.6 Å². The Labute approximate surface area is 108 Å². The average Bonchev–Trinajstić information content (AvgIpc) is 2.13. The number of carbonyl (C=O) groups is 2. The monoisotopic (exact) mass is 260 g/mol. The van der Waals surface area contributed by atoms with Crippen LogP contribution in [-0.2, 0) is 14.3 Å². The lowest BCUT2D eigenvalue weighted by Gasteiger charge is -2.32. The van der Waals surface area contributed by atoms with E-state index < -0.39 is 29.2 Å². The molecule has 3 N–H and O–H groups in total. The van der Waals surface area contributed by atoms with Crippen LogP contribution in [0.2, 0.25) is 0 Å². The number of alkyl carbamates (subject to hydrolysis) is 1. The Morgan fingerprint density at radius 3 is 2.17 bits per heavy atom. The Hall–Kier alpha value is -1.30. The first kappa shape index (κ1) is 16.7. The molecule has 2 unspecified atom stereocenters. The van der Waals surface area contributed by atoms with E-state index in [0.717, 1.165) is 0 Å². The molecule has 0 aromatic rings. The van der Waals surface area contributed by atoms with Crippen molar-refractivity contribution in [3.63, 3.8) is 0 Å². The minimum absolute atomic E-state index is 0.0143. The molecule has 6 heteroatoms. The number of carbonyl (C=O) groups excluding carboxylic acids is 2. The van der Waals surface area contributed by atoms with Gasteiger partial charge in [0.1, 0.15) is 5.60 Å². The largest absolute Gasteiger partial charge is 0.469 e. The molecule has 0 rings (SSSR count). The van der Waals surface area contributed by atoms with Gasteiger partial charge in [-0.25, -0.2) is 4.79 Å². The van der Waals surface area contributed by atoms with E-state index in [2.05, 4.69) is 10.1 Å². The number of hydrogen-bond acceptors (Lipinski definition) is 5. The van der Waals surface area contributed by atoms with Crippen molar-refractivity contribution in [2.24, 2.45) is 5.73 Å². The number of esters is 1. The van der Waals surface area contributed by atoms with E-state index in [1.165, 1.54) is 7.11 Å². The first-order valence-corrected chi connectivity index (χ1v) is 5.83. The average molecular weight is 260 g/mol. The second kappa shape index (κ2) is 6.04. The summed E-state index contributed by atoms with van der Waals surface area (Å²) in [5.74, 6) is -0.419. The molecule has 0 bridgehead atoms. The van der Waals surface area contributed by atoms with Crippen LogP contribution in [0.25, 0.3) is 0 Å².